The number of hydrogen-bond donors (Lipinski definition) is 0. The van der Waals surface area contributed by atoms with Gasteiger partial charge in [0.15, 0.2) is 6.17 Å². The number of rotatable bonds is 1. The van der Waals surface area contributed by atoms with Crippen LogP contribution in [-0.4, -0.2) is 19.3 Å². The fourth-order valence-corrected chi connectivity index (χ4v) is 1.26. The van der Waals surface area contributed by atoms with Crippen molar-refractivity contribution in [3.8, 4) is 0 Å². The van der Waals surface area contributed by atoms with Gasteiger partial charge >= 0.3 is 5.97 Å². The van der Waals surface area contributed by atoms with Crippen LogP contribution in [0.4, 0.5) is 4.39 Å². The molecular weight excluding hydrogens is 183 g/mol. The van der Waals surface area contributed by atoms with Crippen molar-refractivity contribution in [2.24, 2.45) is 5.92 Å². The van der Waals surface area contributed by atoms with E-state index in [1.807, 2.05) is 0 Å². The van der Waals surface area contributed by atoms with Crippen molar-refractivity contribution in [3.05, 3.63) is 16.8 Å². The Morgan fingerprint density at radius 1 is 1.92 bits per heavy atom. The summed E-state index contributed by atoms with van der Waals surface area (Å²) in [6, 6.07) is 0. The van der Waals surface area contributed by atoms with Crippen LogP contribution in [0.15, 0.2) is 16.8 Å². The van der Waals surface area contributed by atoms with Gasteiger partial charge in [-0.3, -0.25) is 4.79 Å². The van der Waals surface area contributed by atoms with Gasteiger partial charge in [0, 0.05) is 0 Å². The number of hydrogen-bond acceptors (Lipinski definition) is 2. The molecule has 2 atom stereocenters. The summed E-state index contributed by atoms with van der Waals surface area (Å²) in [4.78, 5) is 10.9. The van der Waals surface area contributed by atoms with Crippen LogP contribution in [0.2, 0.25) is 0 Å². The molecule has 66 valence electrons. The molecule has 0 aromatic carbocycles. The molecule has 0 aromatic rings. The third-order valence-electron chi connectivity index (χ3n) is 1.71. The topological polar surface area (TPSA) is 26.3 Å². The minimum absolute atomic E-state index is 0.0587. The highest BCUT2D eigenvalue weighted by Gasteiger charge is 2.32. The lowest BCUT2D eigenvalue weighted by Gasteiger charge is -2.17. The van der Waals surface area contributed by atoms with Crippen LogP contribution in [0, 0.1) is 5.92 Å². The van der Waals surface area contributed by atoms with Gasteiger partial charge < -0.3 is 4.74 Å². The number of allylic oxidation sites excluding steroid dienone is 1. The van der Waals surface area contributed by atoms with Gasteiger partial charge in [-0.25, -0.2) is 4.39 Å². The lowest BCUT2D eigenvalue weighted by atomic mass is 9.96. The van der Waals surface area contributed by atoms with Crippen molar-refractivity contribution >= 4 is 17.6 Å². The van der Waals surface area contributed by atoms with Crippen LogP contribution >= 0.6 is 11.6 Å². The van der Waals surface area contributed by atoms with E-state index in [1.165, 1.54) is 7.11 Å². The van der Waals surface area contributed by atoms with Crippen LogP contribution in [0.5, 0.6) is 0 Å². The molecule has 0 bridgehead atoms. The van der Waals surface area contributed by atoms with E-state index in [9.17, 15) is 9.18 Å². The predicted molar refractivity (Wildman–Crippen MR) is 42.5 cm³/mol. The lowest BCUT2D eigenvalue weighted by Crippen LogP contribution is -2.27. The summed E-state index contributed by atoms with van der Waals surface area (Å²) in [5.41, 5.74) is 2.51. The molecule has 0 saturated carbocycles. The second-order valence-corrected chi connectivity index (χ2v) is 2.87. The molecule has 2 nitrogen and oxygen atoms in total. The first-order valence-electron chi connectivity index (χ1n) is 3.49. The molecule has 0 heterocycles. The van der Waals surface area contributed by atoms with Crippen LogP contribution in [0.1, 0.15) is 6.42 Å². The summed E-state index contributed by atoms with van der Waals surface area (Å²) in [6.45, 7) is 0. The minimum Gasteiger partial charge on any atom is -0.469 e. The summed E-state index contributed by atoms with van der Waals surface area (Å²) < 4.78 is 17.5. The van der Waals surface area contributed by atoms with Gasteiger partial charge in [-0.2, -0.15) is 0 Å². The summed E-state index contributed by atoms with van der Waals surface area (Å²) in [7, 11) is 1.23. The molecule has 0 N–H and O–H groups in total. The zero-order chi connectivity index (χ0) is 9.14. The monoisotopic (exact) mass is 190 g/mol. The van der Waals surface area contributed by atoms with E-state index in [0.29, 0.717) is 6.42 Å². The number of methoxy groups -OCH3 is 1. The van der Waals surface area contributed by atoms with Gasteiger partial charge in [0.05, 0.1) is 18.1 Å². The quantitative estimate of drug-likeness (QED) is 0.466. The molecule has 0 amide bonds. The summed E-state index contributed by atoms with van der Waals surface area (Å²) >= 11 is 5.45. The minimum atomic E-state index is -1.47. The Hall–Kier alpha value is -0.790. The first kappa shape index (κ1) is 9.30. The van der Waals surface area contributed by atoms with E-state index in [4.69, 9.17) is 11.6 Å². The van der Waals surface area contributed by atoms with Crippen LogP contribution in [-0.2, 0) is 9.53 Å². The maximum Gasteiger partial charge on any atom is 0.312 e. The standard InChI is InChI=1S/C8H8ClFO2/c1-12-8(11)5-3-2-4-6(9)7(5)10/h2,5,7H,3H2,1H3. The van der Waals surface area contributed by atoms with Gasteiger partial charge in [0.1, 0.15) is 0 Å². The van der Waals surface area contributed by atoms with Gasteiger partial charge in [-0.15, -0.1) is 5.73 Å². The molecule has 1 aliphatic rings. The van der Waals surface area contributed by atoms with E-state index < -0.39 is 18.1 Å². The summed E-state index contributed by atoms with van der Waals surface area (Å²) in [5, 5.41) is -0.0587. The molecule has 2 unspecified atom stereocenters. The zero-order valence-electron chi connectivity index (χ0n) is 6.51. The molecule has 1 aliphatic carbocycles. The molecule has 4 heteroatoms. The average molecular weight is 191 g/mol. The first-order chi connectivity index (χ1) is 5.66. The number of esters is 1. The van der Waals surface area contributed by atoms with Crippen molar-refractivity contribution in [1.29, 1.82) is 0 Å². The lowest BCUT2D eigenvalue weighted by molar-refractivity contribution is -0.147. The number of ether oxygens (including phenoxy) is 1. The molecule has 0 aromatic heterocycles. The molecule has 1 rings (SSSR count). The Balaban J connectivity index is 2.75. The normalized spacial score (nSPS) is 28.1. The Bertz CT molecular complexity index is 256. The van der Waals surface area contributed by atoms with Crippen LogP contribution in [0.25, 0.3) is 0 Å². The van der Waals surface area contributed by atoms with E-state index in [0.717, 1.165) is 0 Å². The molecule has 0 fully saturated rings. The Kier molecular flexibility index (Phi) is 2.90. The maximum atomic E-state index is 13.1. The fourth-order valence-electron chi connectivity index (χ4n) is 1.03. The van der Waals surface area contributed by atoms with Crippen LogP contribution in [0.3, 0.4) is 0 Å². The van der Waals surface area contributed by atoms with E-state index in [1.54, 1.807) is 6.08 Å². The van der Waals surface area contributed by atoms with Gasteiger partial charge in [0.25, 0.3) is 0 Å². The Morgan fingerprint density at radius 3 is 3.17 bits per heavy atom. The smallest absolute Gasteiger partial charge is 0.312 e. The largest absolute Gasteiger partial charge is 0.469 e. The molecule has 12 heavy (non-hydrogen) atoms. The Morgan fingerprint density at radius 2 is 2.58 bits per heavy atom. The molecule has 0 spiro atoms. The number of carbonyl (C=O) groups excluding carboxylic acids is 1. The maximum absolute atomic E-state index is 13.1. The highest BCUT2D eigenvalue weighted by molar-refractivity contribution is 6.30. The first-order valence-corrected chi connectivity index (χ1v) is 3.87. The highest BCUT2D eigenvalue weighted by Crippen LogP contribution is 2.26. The van der Waals surface area contributed by atoms with E-state index in [2.05, 4.69) is 10.5 Å². The third kappa shape index (κ3) is 1.68. The molecular formula is C8H8ClFO2. The third-order valence-corrected chi connectivity index (χ3v) is 2.03. The van der Waals surface area contributed by atoms with Crippen LogP contribution < -0.4 is 0 Å². The summed E-state index contributed by atoms with van der Waals surface area (Å²) in [6.07, 6.45) is 0.369. The Labute approximate surface area is 74.7 Å². The zero-order valence-corrected chi connectivity index (χ0v) is 7.27. The number of alkyl halides is 1. The molecule has 0 radical (unpaired) electrons. The fraction of sp³-hybridized carbons (Fsp3) is 0.500. The van der Waals surface area contributed by atoms with Gasteiger partial charge in [-0.05, 0) is 12.5 Å². The van der Waals surface area contributed by atoms with Gasteiger partial charge in [0.2, 0.25) is 0 Å². The second-order valence-electron chi connectivity index (χ2n) is 2.46. The van der Waals surface area contributed by atoms with E-state index in [-0.39, 0.29) is 5.03 Å². The predicted octanol–water partition coefficient (Wildman–Crippen LogP) is 1.80. The molecule has 0 aliphatic heterocycles. The van der Waals surface area contributed by atoms with Gasteiger partial charge in [-0.1, -0.05) is 11.6 Å². The van der Waals surface area contributed by atoms with Crippen molar-refractivity contribution in [3.63, 3.8) is 0 Å². The highest BCUT2D eigenvalue weighted by atomic mass is 35.5. The number of carbonyl (C=O) groups is 1. The number of halogens is 2. The average Bonchev–Trinajstić information content (AvgIpc) is 2.08. The van der Waals surface area contributed by atoms with Crippen molar-refractivity contribution in [1.82, 2.24) is 0 Å². The summed E-state index contributed by atoms with van der Waals surface area (Å²) in [5.74, 6) is -1.37. The van der Waals surface area contributed by atoms with E-state index >= 15 is 0 Å². The van der Waals surface area contributed by atoms with Crippen molar-refractivity contribution < 1.29 is 13.9 Å². The molecule has 0 saturated heterocycles. The van der Waals surface area contributed by atoms with Crippen molar-refractivity contribution in [2.45, 2.75) is 12.6 Å². The SMILES string of the molecule is COC(=O)C1CC=C=C(Cl)C1F. The second kappa shape index (κ2) is 3.74. The van der Waals surface area contributed by atoms with Crippen molar-refractivity contribution in [2.75, 3.05) is 7.11 Å².